The lowest BCUT2D eigenvalue weighted by Crippen LogP contribution is -2.41. The Morgan fingerprint density at radius 1 is 1.12 bits per heavy atom. The first kappa shape index (κ1) is 27.0. The Balaban J connectivity index is 1.29. The summed E-state index contributed by atoms with van der Waals surface area (Å²) in [4.78, 5) is 37.7. The third-order valence-corrected chi connectivity index (χ3v) is 8.48. The van der Waals surface area contributed by atoms with Crippen molar-refractivity contribution in [2.24, 2.45) is 18.9 Å². The van der Waals surface area contributed by atoms with E-state index in [1.807, 2.05) is 57.1 Å². The number of carbonyl (C=O) groups is 2. The third-order valence-electron chi connectivity index (χ3n) is 7.87. The SMILES string of the molecule is Cn1c(-c2cc3cccnc3n2CC2CC2)nc2cc(C(=O)N3CCC[C@@H](CC(=O)OC(C)(C)C)C3)cc(Br)c21. The van der Waals surface area contributed by atoms with Gasteiger partial charge >= 0.3 is 5.97 Å². The second-order valence-electron chi connectivity index (χ2n) is 12.4. The van der Waals surface area contributed by atoms with Crippen molar-refractivity contribution in [2.75, 3.05) is 13.1 Å². The predicted molar refractivity (Wildman–Crippen MR) is 159 cm³/mol. The fourth-order valence-electron chi connectivity index (χ4n) is 5.88. The van der Waals surface area contributed by atoms with Crippen LogP contribution in [0.15, 0.2) is 41.0 Å². The molecule has 8 nitrogen and oxygen atoms in total. The number of imidazole rings is 1. The van der Waals surface area contributed by atoms with Crippen LogP contribution in [0.4, 0.5) is 0 Å². The molecule has 9 heteroatoms. The van der Waals surface area contributed by atoms with Crippen LogP contribution < -0.4 is 0 Å². The van der Waals surface area contributed by atoms with Crippen molar-refractivity contribution in [1.29, 1.82) is 0 Å². The molecule has 4 heterocycles. The maximum absolute atomic E-state index is 13.7. The van der Waals surface area contributed by atoms with Gasteiger partial charge in [0, 0.05) is 48.3 Å². The molecule has 0 unspecified atom stereocenters. The van der Waals surface area contributed by atoms with Gasteiger partial charge in [-0.05, 0) is 105 Å². The van der Waals surface area contributed by atoms with Crippen molar-refractivity contribution < 1.29 is 14.3 Å². The van der Waals surface area contributed by atoms with Crippen LogP contribution >= 0.6 is 15.9 Å². The standard InChI is InChI=1S/C31H36BrN5O3/c1-31(2,3)40-26(38)13-20-7-6-12-36(17-20)30(39)22-14-23(32)27-24(15-22)34-29(35(27)4)25-16-21-8-5-11-33-28(21)37(25)18-19-9-10-19/h5,8,11,14-16,19-20H,6-7,9-10,12-13,17-18H2,1-4H3/t20-/m0/s1. The Morgan fingerprint density at radius 3 is 2.67 bits per heavy atom. The van der Waals surface area contributed by atoms with Crippen LogP contribution in [-0.2, 0) is 23.1 Å². The van der Waals surface area contributed by atoms with E-state index in [0.717, 1.165) is 57.4 Å². The van der Waals surface area contributed by atoms with Crippen molar-refractivity contribution in [1.82, 2.24) is 24.0 Å². The zero-order chi connectivity index (χ0) is 28.2. The highest BCUT2D eigenvalue weighted by Gasteiger charge is 2.29. The van der Waals surface area contributed by atoms with Gasteiger partial charge in [0.1, 0.15) is 11.2 Å². The minimum Gasteiger partial charge on any atom is -0.460 e. The van der Waals surface area contributed by atoms with E-state index in [-0.39, 0.29) is 17.8 Å². The number of amides is 1. The fourth-order valence-corrected chi connectivity index (χ4v) is 6.60. The Bertz CT molecular complexity index is 1610. The Labute approximate surface area is 242 Å². The van der Waals surface area contributed by atoms with Crippen LogP contribution in [0.2, 0.25) is 0 Å². The zero-order valence-corrected chi connectivity index (χ0v) is 25.2. The summed E-state index contributed by atoms with van der Waals surface area (Å²) in [6, 6.07) is 10.0. The summed E-state index contributed by atoms with van der Waals surface area (Å²) >= 11 is 3.74. The van der Waals surface area contributed by atoms with Crippen LogP contribution in [0.1, 0.15) is 63.2 Å². The average molecular weight is 607 g/mol. The molecule has 2 aliphatic rings. The lowest BCUT2D eigenvalue weighted by atomic mass is 9.94. The average Bonchev–Trinajstić information content (AvgIpc) is 3.56. The van der Waals surface area contributed by atoms with Crippen LogP contribution in [0.25, 0.3) is 33.6 Å². The number of hydrogen-bond acceptors (Lipinski definition) is 5. The van der Waals surface area contributed by atoms with Gasteiger partial charge in [-0.3, -0.25) is 9.59 Å². The molecule has 0 radical (unpaired) electrons. The molecule has 0 spiro atoms. The normalized spacial score (nSPS) is 18.0. The molecule has 0 bridgehead atoms. The number of ether oxygens (including phenoxy) is 1. The molecule has 1 aromatic carbocycles. The second-order valence-corrected chi connectivity index (χ2v) is 13.2. The Kier molecular flexibility index (Phi) is 6.97. The number of rotatable bonds is 6. The summed E-state index contributed by atoms with van der Waals surface area (Å²) in [7, 11) is 2.02. The first-order valence-electron chi connectivity index (χ1n) is 14.2. The number of carbonyl (C=O) groups excluding carboxylic acids is 2. The smallest absolute Gasteiger partial charge is 0.306 e. The quantitative estimate of drug-likeness (QED) is 0.239. The van der Waals surface area contributed by atoms with Crippen LogP contribution in [-0.4, -0.2) is 54.6 Å². The van der Waals surface area contributed by atoms with Gasteiger partial charge in [0.25, 0.3) is 5.91 Å². The second kappa shape index (κ2) is 10.3. The van der Waals surface area contributed by atoms with E-state index in [1.165, 1.54) is 12.8 Å². The number of hydrogen-bond donors (Lipinski definition) is 0. The first-order chi connectivity index (χ1) is 19.1. The molecule has 3 aromatic heterocycles. The molecule has 1 amide bonds. The molecule has 1 aliphatic carbocycles. The lowest BCUT2D eigenvalue weighted by molar-refractivity contribution is -0.156. The van der Waals surface area contributed by atoms with Crippen LogP contribution in [0, 0.1) is 11.8 Å². The molecule has 1 saturated heterocycles. The number of likely N-dealkylation sites (tertiary alicyclic amines) is 1. The number of halogens is 1. The zero-order valence-electron chi connectivity index (χ0n) is 23.6. The van der Waals surface area contributed by atoms with Crippen LogP contribution in [0.5, 0.6) is 0 Å². The monoisotopic (exact) mass is 605 g/mol. The summed E-state index contributed by atoms with van der Waals surface area (Å²) in [5, 5.41) is 1.10. The van der Waals surface area contributed by atoms with Gasteiger partial charge < -0.3 is 18.8 Å². The maximum Gasteiger partial charge on any atom is 0.306 e. The van der Waals surface area contributed by atoms with E-state index in [4.69, 9.17) is 9.72 Å². The van der Waals surface area contributed by atoms with E-state index in [0.29, 0.717) is 31.0 Å². The van der Waals surface area contributed by atoms with Gasteiger partial charge in [-0.2, -0.15) is 0 Å². The van der Waals surface area contributed by atoms with Gasteiger partial charge in [-0.15, -0.1) is 0 Å². The van der Waals surface area contributed by atoms with E-state index >= 15 is 0 Å². The molecule has 2 fully saturated rings. The minimum absolute atomic E-state index is 0.0317. The summed E-state index contributed by atoms with van der Waals surface area (Å²) in [5.41, 5.74) is 3.84. The van der Waals surface area contributed by atoms with Gasteiger partial charge in [0.15, 0.2) is 5.82 Å². The number of benzene rings is 1. The highest BCUT2D eigenvalue weighted by atomic mass is 79.9. The van der Waals surface area contributed by atoms with Crippen molar-refractivity contribution in [3.63, 3.8) is 0 Å². The van der Waals surface area contributed by atoms with Crippen molar-refractivity contribution in [2.45, 2.75) is 65.0 Å². The Morgan fingerprint density at radius 2 is 1.93 bits per heavy atom. The van der Waals surface area contributed by atoms with Crippen LogP contribution in [0.3, 0.4) is 0 Å². The molecule has 1 atom stereocenters. The molecular weight excluding hydrogens is 570 g/mol. The molecule has 210 valence electrons. The number of nitrogens with zero attached hydrogens (tertiary/aromatic N) is 5. The summed E-state index contributed by atoms with van der Waals surface area (Å²) < 4.78 is 10.8. The van der Waals surface area contributed by atoms with E-state index in [2.05, 4.69) is 42.2 Å². The van der Waals surface area contributed by atoms with E-state index < -0.39 is 5.60 Å². The van der Waals surface area contributed by atoms with Crippen molar-refractivity contribution in [3.05, 3.63) is 46.6 Å². The molecule has 6 rings (SSSR count). The highest BCUT2D eigenvalue weighted by molar-refractivity contribution is 9.10. The highest BCUT2D eigenvalue weighted by Crippen LogP contribution is 2.37. The molecule has 0 N–H and O–H groups in total. The van der Waals surface area contributed by atoms with Gasteiger partial charge in [0.05, 0.1) is 23.1 Å². The number of esters is 1. The van der Waals surface area contributed by atoms with Crippen molar-refractivity contribution >= 4 is 49.9 Å². The minimum atomic E-state index is -0.507. The largest absolute Gasteiger partial charge is 0.460 e. The number of pyridine rings is 1. The van der Waals surface area contributed by atoms with E-state index in [9.17, 15) is 9.59 Å². The maximum atomic E-state index is 13.7. The fraction of sp³-hybridized carbons (Fsp3) is 0.484. The van der Waals surface area contributed by atoms with Crippen molar-refractivity contribution in [3.8, 4) is 11.5 Å². The lowest BCUT2D eigenvalue weighted by Gasteiger charge is -2.33. The summed E-state index contributed by atoms with van der Waals surface area (Å²) in [5.74, 6) is 1.41. The number of aryl methyl sites for hydroxylation is 1. The number of piperidine rings is 1. The molecule has 40 heavy (non-hydrogen) atoms. The molecular formula is C31H36BrN5O3. The number of fused-ring (bicyclic) bond motifs is 2. The van der Waals surface area contributed by atoms with E-state index in [1.54, 1.807) is 0 Å². The predicted octanol–water partition coefficient (Wildman–Crippen LogP) is 6.35. The third kappa shape index (κ3) is 5.40. The van der Waals surface area contributed by atoms with Gasteiger partial charge in [0.2, 0.25) is 0 Å². The molecule has 4 aromatic rings. The van der Waals surface area contributed by atoms with Gasteiger partial charge in [-0.25, -0.2) is 9.97 Å². The molecule has 1 aliphatic heterocycles. The first-order valence-corrected chi connectivity index (χ1v) is 15.0. The summed E-state index contributed by atoms with van der Waals surface area (Å²) in [6.07, 6.45) is 6.46. The summed E-state index contributed by atoms with van der Waals surface area (Å²) in [6.45, 7) is 7.80. The number of aromatic nitrogens is 4. The Hall–Kier alpha value is -3.20. The van der Waals surface area contributed by atoms with Gasteiger partial charge in [-0.1, -0.05) is 0 Å². The topological polar surface area (TPSA) is 82.3 Å². The molecule has 1 saturated carbocycles.